The zero-order valence-corrected chi connectivity index (χ0v) is 11.8. The number of carboxylic acid groups (broad SMARTS) is 1. The molecule has 0 spiro atoms. The van der Waals surface area contributed by atoms with E-state index in [0.717, 1.165) is 0 Å². The number of ether oxygens (including phenoxy) is 1. The molecule has 0 fully saturated rings. The Morgan fingerprint density at radius 1 is 1.26 bits per heavy atom. The van der Waals surface area contributed by atoms with Crippen molar-refractivity contribution < 1.29 is 24.2 Å². The van der Waals surface area contributed by atoms with Gasteiger partial charge in [-0.2, -0.15) is 0 Å². The summed E-state index contributed by atoms with van der Waals surface area (Å²) in [5, 5.41) is 11.4. The summed E-state index contributed by atoms with van der Waals surface area (Å²) in [6.07, 6.45) is 0. The maximum atomic E-state index is 11.9. The molecule has 0 aliphatic heterocycles. The second kappa shape index (κ2) is 8.47. The van der Waals surface area contributed by atoms with Gasteiger partial charge in [0.25, 0.3) is 0 Å². The van der Waals surface area contributed by atoms with Crippen LogP contribution in [0.3, 0.4) is 0 Å². The van der Waals surface area contributed by atoms with Crippen molar-refractivity contribution in [1.82, 2.24) is 10.2 Å². The minimum Gasteiger partial charge on any atom is -0.481 e. The van der Waals surface area contributed by atoms with E-state index in [4.69, 9.17) is 9.84 Å². The molecule has 7 heteroatoms. The fraction of sp³-hybridized carbons (Fsp3) is 0.750. The van der Waals surface area contributed by atoms with E-state index in [1.165, 1.54) is 26.0 Å². The molecule has 0 saturated carbocycles. The maximum Gasteiger partial charge on any atom is 0.307 e. The van der Waals surface area contributed by atoms with Crippen molar-refractivity contribution in [2.45, 2.75) is 13.8 Å². The first-order valence-electron chi connectivity index (χ1n) is 6.04. The summed E-state index contributed by atoms with van der Waals surface area (Å²) in [5.41, 5.74) is 0. The number of nitrogens with one attached hydrogen (secondary N) is 1. The third-order valence-corrected chi connectivity index (χ3v) is 2.91. The Balaban J connectivity index is 4.26. The van der Waals surface area contributed by atoms with Crippen LogP contribution in [0, 0.1) is 11.8 Å². The minimum absolute atomic E-state index is 0.0980. The van der Waals surface area contributed by atoms with Crippen LogP contribution < -0.4 is 5.32 Å². The Kier molecular flexibility index (Phi) is 7.74. The number of likely N-dealkylation sites (N-methyl/N-ethyl adjacent to an activating group) is 1. The van der Waals surface area contributed by atoms with Gasteiger partial charge < -0.3 is 20.1 Å². The van der Waals surface area contributed by atoms with Gasteiger partial charge in [-0.25, -0.2) is 0 Å². The van der Waals surface area contributed by atoms with Crippen molar-refractivity contribution >= 4 is 17.8 Å². The number of carbonyl (C=O) groups is 3. The van der Waals surface area contributed by atoms with E-state index in [9.17, 15) is 14.4 Å². The average molecular weight is 274 g/mol. The lowest BCUT2D eigenvalue weighted by Gasteiger charge is -2.23. The molecule has 0 aromatic heterocycles. The van der Waals surface area contributed by atoms with Crippen molar-refractivity contribution in [3.63, 3.8) is 0 Å². The monoisotopic (exact) mass is 274 g/mol. The summed E-state index contributed by atoms with van der Waals surface area (Å²) in [6.45, 7) is 3.69. The highest BCUT2D eigenvalue weighted by molar-refractivity contribution is 5.88. The first-order chi connectivity index (χ1) is 8.81. The summed E-state index contributed by atoms with van der Waals surface area (Å²) in [6, 6.07) is 0. The number of carbonyl (C=O) groups excluding carboxylic acids is 2. The minimum atomic E-state index is -1.03. The standard InChI is InChI=1S/C12H22N2O5/c1-8(9(2)12(17)18)11(16)14(3)7-10(15)13-5-6-19-4/h8-9H,5-7H2,1-4H3,(H,13,15)(H,17,18). The number of carboxylic acids is 1. The molecule has 2 amide bonds. The van der Waals surface area contributed by atoms with Crippen molar-refractivity contribution in [2.24, 2.45) is 11.8 Å². The van der Waals surface area contributed by atoms with Crippen LogP contribution in [0.25, 0.3) is 0 Å². The molecule has 0 rings (SSSR count). The van der Waals surface area contributed by atoms with Gasteiger partial charge in [-0.05, 0) is 0 Å². The second-order valence-corrected chi connectivity index (χ2v) is 4.45. The lowest BCUT2D eigenvalue weighted by atomic mass is 9.95. The van der Waals surface area contributed by atoms with Gasteiger partial charge in [0.05, 0.1) is 19.1 Å². The first-order valence-corrected chi connectivity index (χ1v) is 6.04. The number of hydrogen-bond acceptors (Lipinski definition) is 4. The van der Waals surface area contributed by atoms with Crippen molar-refractivity contribution in [1.29, 1.82) is 0 Å². The van der Waals surface area contributed by atoms with Crippen molar-refractivity contribution in [2.75, 3.05) is 33.9 Å². The van der Waals surface area contributed by atoms with E-state index in [1.54, 1.807) is 6.92 Å². The summed E-state index contributed by atoms with van der Waals surface area (Å²) in [7, 11) is 3.00. The topological polar surface area (TPSA) is 95.9 Å². The summed E-state index contributed by atoms with van der Waals surface area (Å²) in [4.78, 5) is 35.4. The molecule has 0 bridgehead atoms. The van der Waals surface area contributed by atoms with Crippen LogP contribution in [0.4, 0.5) is 0 Å². The largest absolute Gasteiger partial charge is 0.481 e. The average Bonchev–Trinajstić information content (AvgIpc) is 2.36. The molecule has 19 heavy (non-hydrogen) atoms. The molecular weight excluding hydrogens is 252 g/mol. The van der Waals surface area contributed by atoms with Gasteiger partial charge in [0.2, 0.25) is 11.8 Å². The fourth-order valence-corrected chi connectivity index (χ4v) is 1.42. The molecule has 0 radical (unpaired) electrons. The molecule has 0 aromatic rings. The zero-order chi connectivity index (χ0) is 15.0. The Morgan fingerprint density at radius 3 is 2.32 bits per heavy atom. The Morgan fingerprint density at radius 2 is 1.84 bits per heavy atom. The molecule has 2 N–H and O–H groups in total. The Bertz CT molecular complexity index is 332. The lowest BCUT2D eigenvalue weighted by Crippen LogP contribution is -2.43. The normalized spacial score (nSPS) is 13.5. The number of aliphatic carboxylic acids is 1. The molecule has 0 aliphatic rings. The number of methoxy groups -OCH3 is 1. The van der Waals surface area contributed by atoms with Crippen molar-refractivity contribution in [3.8, 4) is 0 Å². The summed E-state index contributed by atoms with van der Waals surface area (Å²) in [5.74, 6) is -3.15. The Labute approximate surface area is 112 Å². The molecule has 7 nitrogen and oxygen atoms in total. The van der Waals surface area contributed by atoms with E-state index in [2.05, 4.69) is 5.32 Å². The smallest absolute Gasteiger partial charge is 0.307 e. The van der Waals surface area contributed by atoms with Gasteiger partial charge >= 0.3 is 5.97 Å². The maximum absolute atomic E-state index is 11.9. The highest BCUT2D eigenvalue weighted by atomic mass is 16.5. The number of nitrogens with zero attached hydrogens (tertiary/aromatic N) is 1. The number of rotatable bonds is 8. The first kappa shape index (κ1) is 17.4. The fourth-order valence-electron chi connectivity index (χ4n) is 1.42. The molecular formula is C12H22N2O5. The van der Waals surface area contributed by atoms with E-state index < -0.39 is 17.8 Å². The third kappa shape index (κ3) is 6.19. The molecule has 0 aliphatic carbocycles. The van der Waals surface area contributed by atoms with Crippen LogP contribution in [0.5, 0.6) is 0 Å². The van der Waals surface area contributed by atoms with Gasteiger partial charge in [0.15, 0.2) is 0 Å². The molecule has 2 atom stereocenters. The second-order valence-electron chi connectivity index (χ2n) is 4.45. The van der Waals surface area contributed by atoms with Crippen LogP contribution in [-0.2, 0) is 19.1 Å². The van der Waals surface area contributed by atoms with Gasteiger partial charge in [0.1, 0.15) is 0 Å². The van der Waals surface area contributed by atoms with E-state index >= 15 is 0 Å². The van der Waals surface area contributed by atoms with Crippen LogP contribution >= 0.6 is 0 Å². The van der Waals surface area contributed by atoms with Crippen LogP contribution in [0.2, 0.25) is 0 Å². The highest BCUT2D eigenvalue weighted by Gasteiger charge is 2.28. The predicted molar refractivity (Wildman–Crippen MR) is 68.5 cm³/mol. The predicted octanol–water partition coefficient (Wildman–Crippen LogP) is -0.436. The van der Waals surface area contributed by atoms with Gasteiger partial charge in [0, 0.05) is 26.6 Å². The van der Waals surface area contributed by atoms with E-state index in [0.29, 0.717) is 13.2 Å². The van der Waals surface area contributed by atoms with Crippen LogP contribution in [-0.4, -0.2) is 61.6 Å². The van der Waals surface area contributed by atoms with Gasteiger partial charge in [-0.15, -0.1) is 0 Å². The van der Waals surface area contributed by atoms with Gasteiger partial charge in [-0.3, -0.25) is 14.4 Å². The quantitative estimate of drug-likeness (QED) is 0.585. The van der Waals surface area contributed by atoms with Crippen LogP contribution in [0.15, 0.2) is 0 Å². The summed E-state index contributed by atoms with van der Waals surface area (Å²) >= 11 is 0. The van der Waals surface area contributed by atoms with Gasteiger partial charge in [-0.1, -0.05) is 13.8 Å². The number of hydrogen-bond donors (Lipinski definition) is 2. The lowest BCUT2D eigenvalue weighted by molar-refractivity contribution is -0.149. The van der Waals surface area contributed by atoms with Crippen molar-refractivity contribution in [3.05, 3.63) is 0 Å². The molecule has 0 saturated heterocycles. The van der Waals surface area contributed by atoms with E-state index in [1.807, 2.05) is 0 Å². The number of amides is 2. The summed E-state index contributed by atoms with van der Waals surface area (Å²) < 4.78 is 4.78. The molecule has 2 unspecified atom stereocenters. The molecule has 110 valence electrons. The SMILES string of the molecule is COCCNC(=O)CN(C)C(=O)C(C)C(C)C(=O)O. The molecule has 0 heterocycles. The Hall–Kier alpha value is -1.63. The highest BCUT2D eigenvalue weighted by Crippen LogP contribution is 2.13. The van der Waals surface area contributed by atoms with E-state index in [-0.39, 0.29) is 18.4 Å². The third-order valence-electron chi connectivity index (χ3n) is 2.91. The van der Waals surface area contributed by atoms with Crippen LogP contribution in [0.1, 0.15) is 13.8 Å². The molecule has 0 aromatic carbocycles. The zero-order valence-electron chi connectivity index (χ0n) is 11.8.